The number of methoxy groups -OCH3 is 1. The fourth-order valence-electron chi connectivity index (χ4n) is 1.32. The third-order valence-electron chi connectivity index (χ3n) is 2.43. The summed E-state index contributed by atoms with van der Waals surface area (Å²) in [7, 11) is 1.56. The summed E-state index contributed by atoms with van der Waals surface area (Å²) in [5, 5.41) is 11.5. The SMILES string of the molecule is COCCNC(C)(CCCC(=O)O)C(N)=O. The molecule has 0 aromatic carbocycles. The van der Waals surface area contributed by atoms with Crippen molar-refractivity contribution in [1.29, 1.82) is 0 Å². The van der Waals surface area contributed by atoms with Gasteiger partial charge in [-0.25, -0.2) is 0 Å². The molecule has 0 aliphatic carbocycles. The number of primary amides is 1. The fourth-order valence-corrected chi connectivity index (χ4v) is 1.32. The highest BCUT2D eigenvalue weighted by molar-refractivity contribution is 5.84. The molecule has 0 fully saturated rings. The number of carboxylic acid groups (broad SMARTS) is 1. The topological polar surface area (TPSA) is 102 Å². The summed E-state index contributed by atoms with van der Waals surface area (Å²) in [6.45, 7) is 2.65. The first kappa shape index (κ1) is 14.9. The molecule has 6 nitrogen and oxygen atoms in total. The molecule has 4 N–H and O–H groups in total. The van der Waals surface area contributed by atoms with Gasteiger partial charge >= 0.3 is 5.97 Å². The molecule has 0 aromatic rings. The predicted octanol–water partition coefficient (Wildman–Crippen LogP) is -0.279. The number of ether oxygens (including phenoxy) is 1. The van der Waals surface area contributed by atoms with Crippen molar-refractivity contribution in [1.82, 2.24) is 5.32 Å². The summed E-state index contributed by atoms with van der Waals surface area (Å²) in [5.74, 6) is -1.35. The van der Waals surface area contributed by atoms with Gasteiger partial charge in [-0.15, -0.1) is 0 Å². The number of rotatable bonds is 9. The Morgan fingerprint density at radius 2 is 2.12 bits per heavy atom. The lowest BCUT2D eigenvalue weighted by atomic mass is 9.94. The van der Waals surface area contributed by atoms with Crippen LogP contribution in [0.3, 0.4) is 0 Å². The lowest BCUT2D eigenvalue weighted by Gasteiger charge is -2.27. The van der Waals surface area contributed by atoms with E-state index in [2.05, 4.69) is 5.32 Å². The van der Waals surface area contributed by atoms with E-state index in [-0.39, 0.29) is 6.42 Å². The number of hydrogen-bond acceptors (Lipinski definition) is 4. The van der Waals surface area contributed by atoms with Crippen LogP contribution >= 0.6 is 0 Å². The van der Waals surface area contributed by atoms with Gasteiger partial charge in [-0.3, -0.25) is 9.59 Å². The molecular formula is C10H20N2O4. The second kappa shape index (κ2) is 7.19. The first-order valence-corrected chi connectivity index (χ1v) is 5.18. The highest BCUT2D eigenvalue weighted by atomic mass is 16.5. The standard InChI is InChI=1S/C10H20N2O4/c1-10(9(11)15,12-6-7-16-2)5-3-4-8(13)14/h12H,3-7H2,1-2H3,(H2,11,15)(H,13,14). The molecule has 6 heteroatoms. The molecule has 0 saturated heterocycles. The molecule has 16 heavy (non-hydrogen) atoms. The van der Waals surface area contributed by atoms with E-state index in [4.69, 9.17) is 15.6 Å². The summed E-state index contributed by atoms with van der Waals surface area (Å²) in [6.07, 6.45) is 0.849. The Morgan fingerprint density at radius 1 is 1.50 bits per heavy atom. The van der Waals surface area contributed by atoms with E-state index in [1.165, 1.54) is 0 Å². The summed E-state index contributed by atoms with van der Waals surface area (Å²) in [6, 6.07) is 0. The number of amides is 1. The third-order valence-corrected chi connectivity index (χ3v) is 2.43. The maximum Gasteiger partial charge on any atom is 0.303 e. The first-order chi connectivity index (χ1) is 7.42. The van der Waals surface area contributed by atoms with Gasteiger partial charge in [-0.2, -0.15) is 0 Å². The van der Waals surface area contributed by atoms with E-state index in [0.717, 1.165) is 0 Å². The number of carbonyl (C=O) groups excluding carboxylic acids is 1. The highest BCUT2D eigenvalue weighted by Crippen LogP contribution is 2.13. The number of hydrogen-bond donors (Lipinski definition) is 3. The van der Waals surface area contributed by atoms with Crippen molar-refractivity contribution in [2.45, 2.75) is 31.7 Å². The Hall–Kier alpha value is -1.14. The number of nitrogens with one attached hydrogen (secondary N) is 1. The molecule has 1 unspecified atom stereocenters. The van der Waals surface area contributed by atoms with Gasteiger partial charge in [0.1, 0.15) is 0 Å². The number of carboxylic acids is 1. The third kappa shape index (κ3) is 5.67. The van der Waals surface area contributed by atoms with Gasteiger partial charge < -0.3 is 20.9 Å². The summed E-state index contributed by atoms with van der Waals surface area (Å²) in [5.41, 5.74) is 4.41. The Bertz CT molecular complexity index is 245. The molecule has 0 saturated carbocycles. The van der Waals surface area contributed by atoms with Gasteiger partial charge in [0.25, 0.3) is 0 Å². The monoisotopic (exact) mass is 232 g/mol. The van der Waals surface area contributed by atoms with Crippen molar-refractivity contribution in [3.8, 4) is 0 Å². The van der Waals surface area contributed by atoms with Crippen LogP contribution < -0.4 is 11.1 Å². The Kier molecular flexibility index (Phi) is 6.67. The lowest BCUT2D eigenvalue weighted by molar-refractivity contribution is -0.137. The van der Waals surface area contributed by atoms with Crippen molar-refractivity contribution in [2.24, 2.45) is 5.73 Å². The van der Waals surface area contributed by atoms with Crippen LogP contribution in [0.5, 0.6) is 0 Å². The smallest absolute Gasteiger partial charge is 0.303 e. The van der Waals surface area contributed by atoms with Crippen molar-refractivity contribution in [3.05, 3.63) is 0 Å². The van der Waals surface area contributed by atoms with Crippen LogP contribution in [0.4, 0.5) is 0 Å². The van der Waals surface area contributed by atoms with Crippen LogP contribution in [0.15, 0.2) is 0 Å². The summed E-state index contributed by atoms with van der Waals surface area (Å²) >= 11 is 0. The maximum absolute atomic E-state index is 11.3. The second-order valence-electron chi connectivity index (χ2n) is 3.86. The van der Waals surface area contributed by atoms with Crippen molar-refractivity contribution >= 4 is 11.9 Å². The molecule has 0 bridgehead atoms. The van der Waals surface area contributed by atoms with E-state index in [1.54, 1.807) is 14.0 Å². The zero-order valence-electron chi connectivity index (χ0n) is 9.78. The molecule has 0 aromatic heterocycles. The first-order valence-electron chi connectivity index (χ1n) is 5.18. The minimum absolute atomic E-state index is 0.0365. The van der Waals surface area contributed by atoms with Crippen molar-refractivity contribution in [2.75, 3.05) is 20.3 Å². The quantitative estimate of drug-likeness (QED) is 0.475. The van der Waals surface area contributed by atoms with Crippen LogP contribution in [0.2, 0.25) is 0 Å². The van der Waals surface area contributed by atoms with E-state index in [1.807, 2.05) is 0 Å². The Morgan fingerprint density at radius 3 is 2.56 bits per heavy atom. The van der Waals surface area contributed by atoms with E-state index in [9.17, 15) is 9.59 Å². The van der Waals surface area contributed by atoms with E-state index >= 15 is 0 Å². The maximum atomic E-state index is 11.3. The molecule has 94 valence electrons. The molecule has 0 aliphatic heterocycles. The molecule has 0 radical (unpaired) electrons. The number of aliphatic carboxylic acids is 1. The molecule has 0 rings (SSSR count). The molecule has 0 spiro atoms. The summed E-state index contributed by atoms with van der Waals surface area (Å²) < 4.78 is 4.85. The van der Waals surface area contributed by atoms with Gasteiger partial charge in [0.2, 0.25) is 5.91 Å². The molecule has 1 amide bonds. The van der Waals surface area contributed by atoms with Crippen LogP contribution in [0, 0.1) is 0 Å². The van der Waals surface area contributed by atoms with Crippen LogP contribution in [-0.4, -0.2) is 42.8 Å². The predicted molar refractivity (Wildman–Crippen MR) is 59.0 cm³/mol. The minimum atomic E-state index is -0.872. The lowest BCUT2D eigenvalue weighted by Crippen LogP contribution is -2.53. The largest absolute Gasteiger partial charge is 0.481 e. The average Bonchev–Trinajstić information content (AvgIpc) is 2.17. The minimum Gasteiger partial charge on any atom is -0.481 e. The molecule has 0 heterocycles. The van der Waals surface area contributed by atoms with Crippen LogP contribution in [0.25, 0.3) is 0 Å². The van der Waals surface area contributed by atoms with Gasteiger partial charge in [0, 0.05) is 20.1 Å². The molecule has 0 aliphatic rings. The van der Waals surface area contributed by atoms with Crippen LogP contribution in [-0.2, 0) is 14.3 Å². The average molecular weight is 232 g/mol. The van der Waals surface area contributed by atoms with Crippen molar-refractivity contribution < 1.29 is 19.4 Å². The van der Waals surface area contributed by atoms with Gasteiger partial charge in [0.05, 0.1) is 12.1 Å². The van der Waals surface area contributed by atoms with Gasteiger partial charge in [-0.05, 0) is 19.8 Å². The summed E-state index contributed by atoms with van der Waals surface area (Å²) in [4.78, 5) is 21.6. The molecular weight excluding hydrogens is 212 g/mol. The number of carbonyl (C=O) groups is 2. The Balaban J connectivity index is 4.11. The fraction of sp³-hybridized carbons (Fsp3) is 0.800. The molecule has 1 atom stereocenters. The van der Waals surface area contributed by atoms with Gasteiger partial charge in [-0.1, -0.05) is 0 Å². The van der Waals surface area contributed by atoms with E-state index in [0.29, 0.717) is 26.0 Å². The Labute approximate surface area is 95.1 Å². The van der Waals surface area contributed by atoms with E-state index < -0.39 is 17.4 Å². The zero-order valence-corrected chi connectivity index (χ0v) is 9.78. The highest BCUT2D eigenvalue weighted by Gasteiger charge is 2.29. The van der Waals surface area contributed by atoms with Gasteiger partial charge in [0.15, 0.2) is 0 Å². The van der Waals surface area contributed by atoms with Crippen molar-refractivity contribution in [3.63, 3.8) is 0 Å². The normalized spacial score (nSPS) is 14.4. The zero-order chi connectivity index (χ0) is 12.6. The number of nitrogens with two attached hydrogens (primary N) is 1. The second-order valence-corrected chi connectivity index (χ2v) is 3.86. The van der Waals surface area contributed by atoms with Crippen LogP contribution in [0.1, 0.15) is 26.2 Å².